The number of aryl methyl sites for hydroxylation is 3. The molecule has 0 amide bonds. The lowest BCUT2D eigenvalue weighted by molar-refractivity contribution is 0.299. The van der Waals surface area contributed by atoms with Crippen LogP contribution in [0.15, 0.2) is 42.5 Å². The molecule has 1 fully saturated rings. The molecule has 0 radical (unpaired) electrons. The van der Waals surface area contributed by atoms with Crippen LogP contribution < -0.4 is 4.74 Å². The van der Waals surface area contributed by atoms with E-state index in [2.05, 4.69) is 25.1 Å². The Bertz CT molecular complexity index is 863. The predicted molar refractivity (Wildman–Crippen MR) is 111 cm³/mol. The Kier molecular flexibility index (Phi) is 6.25. The molecule has 0 heterocycles. The van der Waals surface area contributed by atoms with Gasteiger partial charge in [0.25, 0.3) is 0 Å². The molecule has 0 N–H and O–H groups in total. The van der Waals surface area contributed by atoms with Gasteiger partial charge in [-0.3, -0.25) is 0 Å². The van der Waals surface area contributed by atoms with Gasteiger partial charge in [0, 0.05) is 0 Å². The number of benzene rings is 2. The average molecular weight is 387 g/mol. The Labute approximate surface area is 163 Å². The molecular weight excluding hydrogens is 356 g/mol. The van der Waals surface area contributed by atoms with Crippen molar-refractivity contribution in [2.75, 3.05) is 6.61 Å². The van der Waals surface area contributed by atoms with Crippen LogP contribution in [0.4, 0.5) is 0 Å². The summed E-state index contributed by atoms with van der Waals surface area (Å²) < 4.78 is 29.9. The molecule has 3 rings (SSSR count). The number of hydrogen-bond donors (Lipinski definition) is 0. The lowest BCUT2D eigenvalue weighted by atomic mass is 10.00. The van der Waals surface area contributed by atoms with E-state index in [0.29, 0.717) is 0 Å². The van der Waals surface area contributed by atoms with Gasteiger partial charge in [0.05, 0.1) is 17.6 Å². The Balaban J connectivity index is 1.55. The van der Waals surface area contributed by atoms with E-state index in [-0.39, 0.29) is 11.0 Å². The molecule has 1 aliphatic carbocycles. The first-order valence-corrected chi connectivity index (χ1v) is 11.6. The smallest absolute Gasteiger partial charge is 0.156 e. The lowest BCUT2D eigenvalue weighted by Crippen LogP contribution is -2.15. The van der Waals surface area contributed by atoms with E-state index in [1.165, 1.54) is 29.5 Å². The molecule has 1 saturated carbocycles. The van der Waals surface area contributed by atoms with Crippen molar-refractivity contribution in [2.24, 2.45) is 5.92 Å². The zero-order chi connectivity index (χ0) is 19.4. The van der Waals surface area contributed by atoms with Crippen molar-refractivity contribution >= 4 is 9.84 Å². The molecule has 0 saturated heterocycles. The van der Waals surface area contributed by atoms with Gasteiger partial charge in [-0.1, -0.05) is 30.3 Å². The standard InChI is InChI=1S/C23H30O3S/c1-17(2)27(24,25)16-21-8-4-19(5-9-21)10-11-22-12-13-23(14-18(22)3)26-15-20-6-7-20/h4-5,8-9,12-14,17,20H,6-7,10-11,15-16H2,1-3H3. The maximum absolute atomic E-state index is 12.0. The molecule has 146 valence electrons. The van der Waals surface area contributed by atoms with Crippen molar-refractivity contribution in [1.82, 2.24) is 0 Å². The summed E-state index contributed by atoms with van der Waals surface area (Å²) in [6.45, 7) is 6.44. The quantitative estimate of drug-likeness (QED) is 0.616. The molecule has 0 aliphatic heterocycles. The van der Waals surface area contributed by atoms with Gasteiger partial charge in [-0.2, -0.15) is 0 Å². The van der Waals surface area contributed by atoms with E-state index in [9.17, 15) is 8.42 Å². The fourth-order valence-electron chi connectivity index (χ4n) is 3.02. The molecule has 1 aliphatic rings. The first kappa shape index (κ1) is 19.9. The summed E-state index contributed by atoms with van der Waals surface area (Å²) in [6, 6.07) is 14.4. The van der Waals surface area contributed by atoms with Gasteiger partial charge in [0.15, 0.2) is 9.84 Å². The van der Waals surface area contributed by atoms with Crippen LogP contribution in [0.5, 0.6) is 5.75 Å². The molecule has 2 aromatic carbocycles. The van der Waals surface area contributed by atoms with E-state index >= 15 is 0 Å². The molecular formula is C23H30O3S. The van der Waals surface area contributed by atoms with Crippen molar-refractivity contribution in [3.8, 4) is 5.75 Å². The fourth-order valence-corrected chi connectivity index (χ4v) is 4.01. The molecule has 2 aromatic rings. The van der Waals surface area contributed by atoms with Crippen molar-refractivity contribution < 1.29 is 13.2 Å². The predicted octanol–water partition coefficient (Wildman–Crippen LogP) is 4.89. The van der Waals surface area contributed by atoms with Crippen LogP contribution in [0.2, 0.25) is 0 Å². The SMILES string of the molecule is Cc1cc(OCC2CC2)ccc1CCc1ccc(CS(=O)(=O)C(C)C)cc1. The maximum Gasteiger partial charge on any atom is 0.156 e. The summed E-state index contributed by atoms with van der Waals surface area (Å²) >= 11 is 0. The van der Waals surface area contributed by atoms with Crippen LogP contribution in [0.3, 0.4) is 0 Å². The van der Waals surface area contributed by atoms with Gasteiger partial charge < -0.3 is 4.74 Å². The van der Waals surface area contributed by atoms with Crippen LogP contribution in [0.1, 0.15) is 48.9 Å². The van der Waals surface area contributed by atoms with E-state index in [0.717, 1.165) is 36.7 Å². The largest absolute Gasteiger partial charge is 0.493 e. The first-order valence-electron chi connectivity index (χ1n) is 9.85. The summed E-state index contributed by atoms with van der Waals surface area (Å²) in [4.78, 5) is 0. The number of ether oxygens (including phenoxy) is 1. The van der Waals surface area contributed by atoms with E-state index < -0.39 is 9.84 Å². The second-order valence-electron chi connectivity index (χ2n) is 8.02. The lowest BCUT2D eigenvalue weighted by Gasteiger charge is -2.11. The highest BCUT2D eigenvalue weighted by molar-refractivity contribution is 7.91. The normalized spacial score (nSPS) is 14.5. The molecule has 0 unspecified atom stereocenters. The van der Waals surface area contributed by atoms with E-state index in [1.54, 1.807) is 13.8 Å². The summed E-state index contributed by atoms with van der Waals surface area (Å²) in [5.74, 6) is 1.86. The summed E-state index contributed by atoms with van der Waals surface area (Å²) in [6.07, 6.45) is 4.53. The van der Waals surface area contributed by atoms with Crippen molar-refractivity contribution in [3.63, 3.8) is 0 Å². The second kappa shape index (κ2) is 8.47. The van der Waals surface area contributed by atoms with Crippen molar-refractivity contribution in [1.29, 1.82) is 0 Å². The molecule has 3 nitrogen and oxygen atoms in total. The fraction of sp³-hybridized carbons (Fsp3) is 0.478. The highest BCUT2D eigenvalue weighted by Crippen LogP contribution is 2.30. The molecule has 4 heteroatoms. The van der Waals surface area contributed by atoms with Crippen LogP contribution in [-0.2, 0) is 28.4 Å². The minimum absolute atomic E-state index is 0.117. The van der Waals surface area contributed by atoms with E-state index in [4.69, 9.17) is 4.74 Å². The Morgan fingerprint density at radius 3 is 2.26 bits per heavy atom. The molecule has 0 spiro atoms. The van der Waals surface area contributed by atoms with Crippen LogP contribution in [-0.4, -0.2) is 20.3 Å². The maximum atomic E-state index is 12.0. The third kappa shape index (κ3) is 5.83. The Morgan fingerprint density at radius 2 is 1.67 bits per heavy atom. The van der Waals surface area contributed by atoms with Crippen LogP contribution in [0.25, 0.3) is 0 Å². The molecule has 0 aromatic heterocycles. The van der Waals surface area contributed by atoms with Crippen LogP contribution >= 0.6 is 0 Å². The number of sulfone groups is 1. The summed E-state index contributed by atoms with van der Waals surface area (Å²) in [7, 11) is -3.05. The highest BCUT2D eigenvalue weighted by Gasteiger charge is 2.22. The molecule has 0 atom stereocenters. The average Bonchev–Trinajstić information content (AvgIpc) is 3.44. The van der Waals surface area contributed by atoms with Gasteiger partial charge in [0.1, 0.15) is 5.75 Å². The Morgan fingerprint density at radius 1 is 1.00 bits per heavy atom. The highest BCUT2D eigenvalue weighted by atomic mass is 32.2. The van der Waals surface area contributed by atoms with Gasteiger partial charge >= 0.3 is 0 Å². The monoisotopic (exact) mass is 386 g/mol. The second-order valence-corrected chi connectivity index (χ2v) is 10.6. The third-order valence-corrected chi connectivity index (χ3v) is 7.46. The van der Waals surface area contributed by atoms with Gasteiger partial charge in [-0.05, 0) is 86.8 Å². The van der Waals surface area contributed by atoms with Crippen LogP contribution in [0, 0.1) is 12.8 Å². The van der Waals surface area contributed by atoms with Gasteiger partial charge in [0.2, 0.25) is 0 Å². The molecule has 27 heavy (non-hydrogen) atoms. The van der Waals surface area contributed by atoms with Gasteiger partial charge in [-0.25, -0.2) is 8.42 Å². The molecule has 0 bridgehead atoms. The Hall–Kier alpha value is -1.81. The third-order valence-electron chi connectivity index (χ3n) is 5.29. The zero-order valence-corrected chi connectivity index (χ0v) is 17.4. The van der Waals surface area contributed by atoms with Crippen molar-refractivity contribution in [3.05, 3.63) is 64.7 Å². The topological polar surface area (TPSA) is 43.4 Å². The summed E-state index contributed by atoms with van der Waals surface area (Å²) in [5.41, 5.74) is 4.69. The van der Waals surface area contributed by atoms with E-state index in [1.807, 2.05) is 24.3 Å². The number of rotatable bonds is 9. The minimum Gasteiger partial charge on any atom is -0.493 e. The zero-order valence-electron chi connectivity index (χ0n) is 16.6. The van der Waals surface area contributed by atoms with Crippen molar-refractivity contribution in [2.45, 2.75) is 57.5 Å². The first-order chi connectivity index (χ1) is 12.8. The van der Waals surface area contributed by atoms with Gasteiger partial charge in [-0.15, -0.1) is 0 Å². The minimum atomic E-state index is -3.05. The summed E-state index contributed by atoms with van der Waals surface area (Å²) in [5, 5.41) is -0.337. The number of hydrogen-bond acceptors (Lipinski definition) is 3.